The summed E-state index contributed by atoms with van der Waals surface area (Å²) < 4.78 is 24.5. The first-order valence-corrected chi connectivity index (χ1v) is 5.38. The Morgan fingerprint density at radius 1 is 1.44 bits per heavy atom. The maximum Gasteiger partial charge on any atom is 0.255 e. The summed E-state index contributed by atoms with van der Waals surface area (Å²) in [4.78, 5) is 12.9. The highest BCUT2D eigenvalue weighted by atomic mass is 19.3. The van der Waals surface area contributed by atoms with Crippen molar-refractivity contribution in [1.82, 2.24) is 4.90 Å². The van der Waals surface area contributed by atoms with Gasteiger partial charge >= 0.3 is 0 Å². The zero-order valence-electron chi connectivity index (χ0n) is 9.99. The number of carbonyl (C=O) groups is 1. The Balaban J connectivity index is 2.98. The Bertz CT molecular complexity index is 477. The summed E-state index contributed by atoms with van der Waals surface area (Å²) >= 11 is 0. The van der Waals surface area contributed by atoms with Gasteiger partial charge in [-0.2, -0.15) is 0 Å². The van der Waals surface area contributed by atoms with E-state index in [-0.39, 0.29) is 6.54 Å². The molecule has 0 aliphatic carbocycles. The van der Waals surface area contributed by atoms with Gasteiger partial charge in [0, 0.05) is 12.6 Å². The molecule has 0 bridgehead atoms. The average molecular weight is 252 g/mol. The number of hydrogen-bond acceptors (Lipinski definition) is 2. The lowest BCUT2D eigenvalue weighted by Crippen LogP contribution is -2.31. The summed E-state index contributed by atoms with van der Waals surface area (Å²) in [7, 11) is 1.33. The van der Waals surface area contributed by atoms with Crippen LogP contribution in [0.2, 0.25) is 0 Å². The highest BCUT2D eigenvalue weighted by molar-refractivity contribution is 5.96. The van der Waals surface area contributed by atoms with Crippen LogP contribution in [0.15, 0.2) is 24.3 Å². The molecule has 0 heterocycles. The van der Waals surface area contributed by atoms with Gasteiger partial charge in [-0.15, -0.1) is 0 Å². The average Bonchev–Trinajstić information content (AvgIpc) is 2.35. The molecule has 0 spiro atoms. The molecule has 96 valence electrons. The predicted octanol–water partition coefficient (Wildman–Crippen LogP) is 1.33. The number of halogens is 2. The Kier molecular flexibility index (Phi) is 5.28. The van der Waals surface area contributed by atoms with Crippen LogP contribution >= 0.6 is 0 Å². The largest absolute Gasteiger partial charge is 0.336 e. The van der Waals surface area contributed by atoms with Crippen molar-refractivity contribution in [2.45, 2.75) is 6.43 Å². The fourth-order valence-corrected chi connectivity index (χ4v) is 1.42. The predicted molar refractivity (Wildman–Crippen MR) is 65.3 cm³/mol. The van der Waals surface area contributed by atoms with Crippen LogP contribution < -0.4 is 5.73 Å². The number of hydrogen-bond donors (Lipinski definition) is 1. The Morgan fingerprint density at radius 2 is 2.11 bits per heavy atom. The third-order valence-electron chi connectivity index (χ3n) is 2.24. The van der Waals surface area contributed by atoms with E-state index < -0.39 is 18.9 Å². The Hall–Kier alpha value is -1.93. The molecule has 0 saturated carbocycles. The summed E-state index contributed by atoms with van der Waals surface area (Å²) in [5.74, 6) is 4.92. The highest BCUT2D eigenvalue weighted by Crippen LogP contribution is 2.11. The zero-order chi connectivity index (χ0) is 13.5. The third-order valence-corrected chi connectivity index (χ3v) is 2.24. The van der Waals surface area contributed by atoms with E-state index >= 15 is 0 Å². The molecule has 0 atom stereocenters. The number of alkyl halides is 2. The minimum absolute atomic E-state index is 0.176. The summed E-state index contributed by atoms with van der Waals surface area (Å²) in [6, 6.07) is 6.61. The number of carbonyl (C=O) groups excluding carboxylic acids is 1. The van der Waals surface area contributed by atoms with Gasteiger partial charge in [-0.25, -0.2) is 8.78 Å². The summed E-state index contributed by atoms with van der Waals surface area (Å²) in [5.41, 5.74) is 6.06. The molecule has 0 aromatic heterocycles. The first-order chi connectivity index (χ1) is 8.56. The molecule has 3 nitrogen and oxygen atoms in total. The molecule has 1 rings (SSSR count). The van der Waals surface area contributed by atoms with Gasteiger partial charge in [0.2, 0.25) is 0 Å². The van der Waals surface area contributed by atoms with Crippen molar-refractivity contribution < 1.29 is 13.6 Å². The van der Waals surface area contributed by atoms with E-state index in [4.69, 9.17) is 5.73 Å². The number of amides is 1. The van der Waals surface area contributed by atoms with Gasteiger partial charge in [0.05, 0.1) is 18.7 Å². The first-order valence-electron chi connectivity index (χ1n) is 5.38. The second-order valence-corrected chi connectivity index (χ2v) is 3.63. The normalized spacial score (nSPS) is 9.83. The molecular weight excluding hydrogens is 238 g/mol. The summed E-state index contributed by atoms with van der Waals surface area (Å²) in [5, 5.41) is 0. The maximum atomic E-state index is 12.2. The topological polar surface area (TPSA) is 46.3 Å². The zero-order valence-corrected chi connectivity index (χ0v) is 9.99. The van der Waals surface area contributed by atoms with Gasteiger partial charge in [-0.05, 0) is 12.1 Å². The van der Waals surface area contributed by atoms with Crippen molar-refractivity contribution in [3.63, 3.8) is 0 Å². The smallest absolute Gasteiger partial charge is 0.255 e. The molecule has 18 heavy (non-hydrogen) atoms. The minimum atomic E-state index is -2.55. The molecule has 0 saturated heterocycles. The molecule has 5 heteroatoms. The van der Waals surface area contributed by atoms with E-state index in [2.05, 4.69) is 11.8 Å². The van der Waals surface area contributed by atoms with E-state index in [1.807, 2.05) is 0 Å². The molecule has 0 radical (unpaired) electrons. The monoisotopic (exact) mass is 252 g/mol. The summed E-state index contributed by atoms with van der Waals surface area (Å²) in [6.45, 7) is -0.424. The lowest BCUT2D eigenvalue weighted by Gasteiger charge is -2.17. The van der Waals surface area contributed by atoms with Crippen LogP contribution in [0.1, 0.15) is 15.9 Å². The van der Waals surface area contributed by atoms with Gasteiger partial charge in [-0.3, -0.25) is 4.79 Å². The first kappa shape index (κ1) is 14.1. The van der Waals surface area contributed by atoms with Crippen molar-refractivity contribution >= 4 is 5.91 Å². The second kappa shape index (κ2) is 6.72. The van der Waals surface area contributed by atoms with Crippen molar-refractivity contribution in [3.05, 3.63) is 35.4 Å². The van der Waals surface area contributed by atoms with Crippen molar-refractivity contribution in [2.75, 3.05) is 20.1 Å². The quantitative estimate of drug-likeness (QED) is 0.825. The lowest BCUT2D eigenvalue weighted by atomic mass is 10.1. The van der Waals surface area contributed by atoms with E-state index in [0.717, 1.165) is 4.90 Å². The van der Waals surface area contributed by atoms with Crippen LogP contribution in [-0.2, 0) is 0 Å². The fourth-order valence-electron chi connectivity index (χ4n) is 1.42. The Morgan fingerprint density at radius 3 is 2.72 bits per heavy atom. The molecule has 1 aromatic rings. The number of benzene rings is 1. The SMILES string of the molecule is CN(CC(F)F)C(=O)c1ccccc1C#CCN. The van der Waals surface area contributed by atoms with Crippen LogP contribution in [0.3, 0.4) is 0 Å². The standard InChI is InChI=1S/C13H14F2N2O/c1-17(9-12(14)15)13(18)11-7-3-2-5-10(11)6-4-8-16/h2-3,5,7,12H,8-9,16H2,1H3. The number of nitrogens with zero attached hydrogens (tertiary/aromatic N) is 1. The van der Waals surface area contributed by atoms with Gasteiger partial charge < -0.3 is 10.6 Å². The number of rotatable bonds is 3. The van der Waals surface area contributed by atoms with Crippen LogP contribution in [0.25, 0.3) is 0 Å². The molecule has 0 fully saturated rings. The second-order valence-electron chi connectivity index (χ2n) is 3.63. The molecular formula is C13H14F2N2O. The van der Waals surface area contributed by atoms with E-state index in [0.29, 0.717) is 11.1 Å². The van der Waals surface area contributed by atoms with E-state index in [1.54, 1.807) is 24.3 Å². The van der Waals surface area contributed by atoms with Gasteiger partial charge in [0.25, 0.3) is 12.3 Å². The van der Waals surface area contributed by atoms with Gasteiger partial charge in [0.1, 0.15) is 0 Å². The van der Waals surface area contributed by atoms with Crippen molar-refractivity contribution in [2.24, 2.45) is 5.73 Å². The number of nitrogens with two attached hydrogens (primary N) is 1. The van der Waals surface area contributed by atoms with E-state index in [1.165, 1.54) is 7.05 Å². The van der Waals surface area contributed by atoms with Crippen LogP contribution in [-0.4, -0.2) is 37.4 Å². The fraction of sp³-hybridized carbons (Fsp3) is 0.308. The highest BCUT2D eigenvalue weighted by Gasteiger charge is 2.17. The van der Waals surface area contributed by atoms with Crippen molar-refractivity contribution in [1.29, 1.82) is 0 Å². The van der Waals surface area contributed by atoms with Crippen LogP contribution in [0, 0.1) is 11.8 Å². The molecule has 0 unspecified atom stereocenters. The van der Waals surface area contributed by atoms with Gasteiger partial charge in [-0.1, -0.05) is 24.0 Å². The van der Waals surface area contributed by atoms with Crippen LogP contribution in [0.5, 0.6) is 0 Å². The Labute approximate surface area is 105 Å². The van der Waals surface area contributed by atoms with Crippen LogP contribution in [0.4, 0.5) is 8.78 Å². The molecule has 1 aromatic carbocycles. The molecule has 1 amide bonds. The maximum absolute atomic E-state index is 12.2. The van der Waals surface area contributed by atoms with E-state index in [9.17, 15) is 13.6 Å². The van der Waals surface area contributed by atoms with Crippen molar-refractivity contribution in [3.8, 4) is 11.8 Å². The molecule has 0 aliphatic heterocycles. The minimum Gasteiger partial charge on any atom is -0.336 e. The molecule has 2 N–H and O–H groups in total. The summed E-state index contributed by atoms with van der Waals surface area (Å²) in [6.07, 6.45) is -2.55. The third kappa shape index (κ3) is 3.82. The molecule has 0 aliphatic rings. The lowest BCUT2D eigenvalue weighted by molar-refractivity contribution is 0.0620. The van der Waals surface area contributed by atoms with Gasteiger partial charge in [0.15, 0.2) is 0 Å².